The number of nitrogens with zero attached hydrogens (tertiary/aromatic N) is 3. The Morgan fingerprint density at radius 2 is 0.724 bits per heavy atom. The van der Waals surface area contributed by atoms with E-state index in [0.717, 1.165) is 88.2 Å². The number of epoxide rings is 3. The largest absolute Gasteiger partial charge is 0.508 e. The standard InChI is InChI=1S/3C28H34N2O5/c1-17(2)8-5-9-18(3)10-7-13-28(4)24(35-28)16-30-21-14-19(31)15-23(33)26(21)29-25-20(27(30)34)11-6-12-22(25)32;1-17(2)7-6-13-28(4)24(35-28)11-10-18(3)12-14-30-21-15-19(31)16-23(33)26(21)29-25-20(27(30)34)8-5-9-22(25)32;1-17(11-12-24-28(3,4)35-24)7-5-8-18(2)13-14-30-21-15-19(31)16-23(33)26(21)29-25-20(27(30)34)9-6-10-22(25)32/h6,8,10-12,14-15,24,29,31-33H,5,7,9,13,16H2,1-4H3;5,7-9,12,15-16,24,29,31-33H,6,10-11,13-14H2,1-4H3;6-7,9-10,13,15-16,24,29,31-33H,5,8,11-12,14H2,1-4H3/b18-10+;18-12+;17-7+,18-13+. The Labute approximate surface area is 615 Å². The van der Waals surface area contributed by atoms with Crippen molar-refractivity contribution in [1.29, 1.82) is 0 Å². The fourth-order valence-electron chi connectivity index (χ4n) is 13.6. The van der Waals surface area contributed by atoms with Crippen molar-refractivity contribution in [2.45, 2.75) is 195 Å². The monoisotopic (exact) mass is 1430 g/mol. The summed E-state index contributed by atoms with van der Waals surface area (Å²) in [5, 5.41) is 102. The summed E-state index contributed by atoms with van der Waals surface area (Å²) in [4.78, 5) is 44.9. The molecule has 0 bridgehead atoms. The number of fused-ring (bicyclic) bond motifs is 6. The number of phenolic OH excluding ortho intramolecular Hbond substituents is 9. The van der Waals surface area contributed by atoms with Crippen LogP contribution in [-0.2, 0) is 14.2 Å². The van der Waals surface area contributed by atoms with E-state index in [2.05, 4.69) is 103 Å². The lowest BCUT2D eigenvalue weighted by atomic mass is 9.96. The molecule has 6 heterocycles. The first-order chi connectivity index (χ1) is 49.7. The zero-order valence-electron chi connectivity index (χ0n) is 62.3. The average molecular weight is 1440 g/mol. The van der Waals surface area contributed by atoms with Gasteiger partial charge in [-0.15, -0.1) is 0 Å². The number of ether oxygens (including phenoxy) is 3. The first-order valence-electron chi connectivity index (χ1n) is 36.1. The van der Waals surface area contributed by atoms with Gasteiger partial charge in [0.25, 0.3) is 17.7 Å². The Balaban J connectivity index is 0.000000169. The van der Waals surface area contributed by atoms with Gasteiger partial charge in [0.1, 0.15) is 74.9 Å². The third-order valence-corrected chi connectivity index (χ3v) is 20.3. The molecule has 21 nitrogen and oxygen atoms in total. The maximum absolute atomic E-state index is 13.5. The Hall–Kier alpha value is -10.4. The fourth-order valence-corrected chi connectivity index (χ4v) is 13.6. The first kappa shape index (κ1) is 77.3. The Kier molecular flexibility index (Phi) is 23.8. The molecular formula is C84H102N6O15. The summed E-state index contributed by atoms with van der Waals surface area (Å²) in [7, 11) is 0. The van der Waals surface area contributed by atoms with E-state index in [4.69, 9.17) is 14.2 Å². The first-order valence-corrected chi connectivity index (χ1v) is 36.1. The molecule has 0 aliphatic carbocycles. The summed E-state index contributed by atoms with van der Waals surface area (Å²) >= 11 is 0. The van der Waals surface area contributed by atoms with Crippen LogP contribution in [0.1, 0.15) is 191 Å². The Morgan fingerprint density at radius 1 is 0.390 bits per heavy atom. The zero-order valence-corrected chi connectivity index (χ0v) is 62.3. The van der Waals surface area contributed by atoms with Crippen molar-refractivity contribution >= 4 is 68.9 Å². The molecule has 6 aromatic rings. The molecule has 0 spiro atoms. The molecule has 3 fully saturated rings. The van der Waals surface area contributed by atoms with Crippen LogP contribution in [0.25, 0.3) is 0 Å². The van der Waals surface area contributed by atoms with Crippen molar-refractivity contribution in [3.63, 3.8) is 0 Å². The van der Waals surface area contributed by atoms with E-state index in [-0.39, 0.29) is 169 Å². The van der Waals surface area contributed by atoms with Gasteiger partial charge in [0.2, 0.25) is 0 Å². The van der Waals surface area contributed by atoms with Crippen LogP contribution in [0, 0.1) is 0 Å². The highest BCUT2D eigenvalue weighted by atomic mass is 16.6. The summed E-state index contributed by atoms with van der Waals surface area (Å²) in [6.45, 7) is 26.0. The molecule has 3 saturated heterocycles. The Morgan fingerprint density at radius 3 is 1.15 bits per heavy atom. The second-order valence-corrected chi connectivity index (χ2v) is 29.8. The lowest BCUT2D eigenvalue weighted by molar-refractivity contribution is 0.0979. The molecule has 105 heavy (non-hydrogen) atoms. The molecule has 0 radical (unpaired) electrons. The number of benzene rings is 6. The number of amides is 3. The molecule has 6 aliphatic rings. The van der Waals surface area contributed by atoms with Gasteiger partial charge in [0.05, 0.1) is 86.4 Å². The average Bonchev–Trinajstić information content (AvgIpc) is 1.61. The maximum atomic E-state index is 13.5. The second kappa shape index (κ2) is 32.3. The molecular weight excluding hydrogens is 1330 g/mol. The molecule has 21 heteroatoms. The van der Waals surface area contributed by atoms with Crippen LogP contribution in [0.4, 0.5) is 51.2 Å². The van der Waals surface area contributed by atoms with E-state index in [1.165, 1.54) is 91.6 Å². The van der Waals surface area contributed by atoms with E-state index in [9.17, 15) is 60.3 Å². The van der Waals surface area contributed by atoms with Crippen LogP contribution in [0.5, 0.6) is 51.7 Å². The number of rotatable bonds is 24. The number of hydrogen-bond acceptors (Lipinski definition) is 18. The highest BCUT2D eigenvalue weighted by Gasteiger charge is 2.54. The summed E-state index contributed by atoms with van der Waals surface area (Å²) in [6.07, 6.45) is 24.8. The number of carbonyl (C=O) groups is 3. The number of hydrogen-bond donors (Lipinski definition) is 12. The third kappa shape index (κ3) is 18.8. The van der Waals surface area contributed by atoms with Gasteiger partial charge < -0.3 is 90.8 Å². The topological polar surface area (TPSA) is 317 Å². The van der Waals surface area contributed by atoms with Gasteiger partial charge in [0, 0.05) is 49.5 Å². The predicted octanol–water partition coefficient (Wildman–Crippen LogP) is 18.4. The predicted molar refractivity (Wildman–Crippen MR) is 413 cm³/mol. The third-order valence-electron chi connectivity index (χ3n) is 20.3. The molecule has 6 aliphatic heterocycles. The van der Waals surface area contributed by atoms with E-state index >= 15 is 0 Å². The SMILES string of the molecule is C/C(=C\CN1C(=O)c2cccc(O)c2Nc2c(O)cc(O)cc21)CC/C=C(\C)CCC1OC1(C)C.CC(C)=CCC/C(C)=C/CCC1(C)OC1CN1C(=O)c2cccc(O)c2Nc2c(O)cc(O)cc21.CC(C)=CCCC1(C)OC1CC/C(C)=C/CN1C(=O)c2cccc(O)c2Nc2c(O)cc(O)cc21. The lowest BCUT2D eigenvalue weighted by Gasteiger charge is -2.23. The van der Waals surface area contributed by atoms with Gasteiger partial charge in [0.15, 0.2) is 0 Å². The van der Waals surface area contributed by atoms with E-state index < -0.39 is 0 Å². The number of anilines is 9. The maximum Gasteiger partial charge on any atom is 0.260 e. The van der Waals surface area contributed by atoms with Crippen molar-refractivity contribution in [2.75, 3.05) is 50.3 Å². The Bertz CT molecular complexity index is 4480. The van der Waals surface area contributed by atoms with Crippen molar-refractivity contribution in [1.82, 2.24) is 0 Å². The fraction of sp³-hybridized carbons (Fsp3) is 0.393. The highest BCUT2D eigenvalue weighted by Crippen LogP contribution is 2.52. The van der Waals surface area contributed by atoms with E-state index in [0.29, 0.717) is 23.2 Å². The summed E-state index contributed by atoms with van der Waals surface area (Å²) in [5.74, 6) is -2.44. The van der Waals surface area contributed by atoms with Gasteiger partial charge in [-0.2, -0.15) is 0 Å². The molecule has 558 valence electrons. The van der Waals surface area contributed by atoms with Gasteiger partial charge in [-0.3, -0.25) is 14.4 Å². The second-order valence-electron chi connectivity index (χ2n) is 29.8. The van der Waals surface area contributed by atoms with Crippen molar-refractivity contribution in [3.8, 4) is 51.7 Å². The van der Waals surface area contributed by atoms with Gasteiger partial charge in [-0.1, -0.05) is 88.1 Å². The summed E-state index contributed by atoms with van der Waals surface area (Å²) in [6, 6.07) is 22.0. The zero-order chi connectivity index (χ0) is 76.0. The van der Waals surface area contributed by atoms with Crippen LogP contribution < -0.4 is 30.7 Å². The molecule has 5 unspecified atom stereocenters. The van der Waals surface area contributed by atoms with Gasteiger partial charge in [-0.25, -0.2) is 0 Å². The molecule has 12 rings (SSSR count). The van der Waals surface area contributed by atoms with Gasteiger partial charge >= 0.3 is 0 Å². The number of carbonyl (C=O) groups excluding carboxylic acids is 3. The molecule has 12 N–H and O–H groups in total. The lowest BCUT2D eigenvalue weighted by Crippen LogP contribution is -2.35. The van der Waals surface area contributed by atoms with Gasteiger partial charge in [-0.05, 0) is 197 Å². The quantitative estimate of drug-likeness (QED) is 0.0116. The minimum Gasteiger partial charge on any atom is -0.508 e. The van der Waals surface area contributed by atoms with Crippen LogP contribution >= 0.6 is 0 Å². The number of aromatic hydroxyl groups is 9. The number of para-hydroxylation sites is 3. The summed E-state index contributed by atoms with van der Waals surface area (Å²) < 4.78 is 17.7. The minimum absolute atomic E-state index is 0.0331. The minimum atomic E-state index is -0.364. The van der Waals surface area contributed by atoms with Crippen LogP contribution in [0.15, 0.2) is 161 Å². The smallest absolute Gasteiger partial charge is 0.260 e. The number of allylic oxidation sites excluding steroid dienone is 10. The summed E-state index contributed by atoms with van der Waals surface area (Å²) in [5.41, 5.74) is 10.5. The molecule has 3 amide bonds. The molecule has 0 aromatic heterocycles. The molecule has 5 atom stereocenters. The van der Waals surface area contributed by atoms with Crippen LogP contribution in [-0.4, -0.2) is 118 Å². The van der Waals surface area contributed by atoms with Crippen LogP contribution in [0.2, 0.25) is 0 Å². The number of phenols is 9. The van der Waals surface area contributed by atoms with Crippen LogP contribution in [0.3, 0.4) is 0 Å². The normalized spacial score (nSPS) is 20.4. The molecule has 0 saturated carbocycles. The van der Waals surface area contributed by atoms with Crippen molar-refractivity contribution in [3.05, 3.63) is 178 Å². The molecule has 6 aromatic carbocycles. The highest BCUT2D eigenvalue weighted by molar-refractivity contribution is 6.17. The van der Waals surface area contributed by atoms with Crippen molar-refractivity contribution in [2.24, 2.45) is 0 Å². The number of nitrogens with one attached hydrogen (secondary N) is 3. The van der Waals surface area contributed by atoms with E-state index in [1.807, 2.05) is 32.9 Å². The van der Waals surface area contributed by atoms with Crippen molar-refractivity contribution < 1.29 is 74.6 Å². The van der Waals surface area contributed by atoms with E-state index in [1.54, 1.807) is 36.4 Å².